The van der Waals surface area contributed by atoms with Gasteiger partial charge in [0.15, 0.2) is 0 Å². The van der Waals surface area contributed by atoms with Gasteiger partial charge < -0.3 is 20.1 Å². The average molecular weight is 396 g/mol. The highest BCUT2D eigenvalue weighted by Crippen LogP contribution is 2.23. The molecule has 7 nitrogen and oxygen atoms in total. The first-order chi connectivity index (χ1) is 14.2. The molecule has 0 saturated carbocycles. The lowest BCUT2D eigenvalue weighted by atomic mass is 10.1. The Balaban J connectivity index is 1.52. The van der Waals surface area contributed by atoms with Crippen molar-refractivity contribution in [3.63, 3.8) is 0 Å². The molecule has 3 N–H and O–H groups in total. The van der Waals surface area contributed by atoms with Crippen LogP contribution in [0.3, 0.4) is 0 Å². The number of likely N-dealkylation sites (tertiary alicyclic amines) is 1. The molecule has 4 rings (SSSR count). The van der Waals surface area contributed by atoms with E-state index in [9.17, 15) is 5.11 Å². The zero-order valence-electron chi connectivity index (χ0n) is 16.9. The Kier molecular flexibility index (Phi) is 5.97. The van der Waals surface area contributed by atoms with E-state index in [1.807, 2.05) is 19.2 Å². The topological polar surface area (TPSA) is 89.4 Å². The second-order valence-electron chi connectivity index (χ2n) is 7.70. The van der Waals surface area contributed by atoms with Crippen LogP contribution in [0.4, 0.5) is 5.82 Å². The Morgan fingerprint density at radius 1 is 1.07 bits per heavy atom. The standard InChI is InChI=1S/C22H29N5O2/c1-2-18(15-28)29-22-24-20(23)19-9-12-27(21(19)25-22)14-17-7-5-16(6-8-17)13-26-10-3-4-11-26/h5-9,12,18,28H,2-4,10-11,13-15H2,1H3,(H2,23,24,25). The maximum absolute atomic E-state index is 9.37. The molecule has 29 heavy (non-hydrogen) atoms. The quantitative estimate of drug-likeness (QED) is 0.610. The van der Waals surface area contributed by atoms with Gasteiger partial charge in [0.25, 0.3) is 0 Å². The van der Waals surface area contributed by atoms with E-state index in [2.05, 4.69) is 43.7 Å². The number of fused-ring (bicyclic) bond motifs is 1. The molecular weight excluding hydrogens is 366 g/mol. The van der Waals surface area contributed by atoms with E-state index in [0.717, 1.165) is 17.6 Å². The number of anilines is 1. The summed E-state index contributed by atoms with van der Waals surface area (Å²) >= 11 is 0. The van der Waals surface area contributed by atoms with Crippen LogP contribution in [0, 0.1) is 0 Å². The number of aromatic nitrogens is 3. The number of aliphatic hydroxyl groups is 1. The summed E-state index contributed by atoms with van der Waals surface area (Å²) in [6.45, 7) is 6.00. The number of nitrogens with zero attached hydrogens (tertiary/aromatic N) is 4. The monoisotopic (exact) mass is 395 g/mol. The second kappa shape index (κ2) is 8.80. The van der Waals surface area contributed by atoms with Crippen LogP contribution in [0.2, 0.25) is 0 Å². The van der Waals surface area contributed by atoms with Crippen LogP contribution < -0.4 is 10.5 Å². The minimum Gasteiger partial charge on any atom is -0.458 e. The largest absolute Gasteiger partial charge is 0.458 e. The minimum atomic E-state index is -0.335. The summed E-state index contributed by atoms with van der Waals surface area (Å²) in [6.07, 6.45) is 4.93. The molecule has 0 radical (unpaired) electrons. The summed E-state index contributed by atoms with van der Waals surface area (Å²) in [7, 11) is 0. The van der Waals surface area contributed by atoms with Crippen molar-refractivity contribution in [2.75, 3.05) is 25.4 Å². The van der Waals surface area contributed by atoms with Gasteiger partial charge in [-0.05, 0) is 49.5 Å². The highest BCUT2D eigenvalue weighted by molar-refractivity contribution is 5.86. The highest BCUT2D eigenvalue weighted by atomic mass is 16.5. The van der Waals surface area contributed by atoms with Crippen molar-refractivity contribution in [3.05, 3.63) is 47.7 Å². The van der Waals surface area contributed by atoms with Gasteiger partial charge in [-0.25, -0.2) is 0 Å². The van der Waals surface area contributed by atoms with E-state index in [-0.39, 0.29) is 18.7 Å². The zero-order chi connectivity index (χ0) is 20.2. The lowest BCUT2D eigenvalue weighted by Gasteiger charge is -2.15. The maximum Gasteiger partial charge on any atom is 0.320 e. The molecule has 1 fully saturated rings. The minimum absolute atomic E-state index is 0.0808. The summed E-state index contributed by atoms with van der Waals surface area (Å²) in [6, 6.07) is 10.9. The molecule has 1 atom stereocenters. The van der Waals surface area contributed by atoms with Crippen LogP contribution in [0.25, 0.3) is 11.0 Å². The molecule has 3 heterocycles. The summed E-state index contributed by atoms with van der Waals surface area (Å²) in [4.78, 5) is 11.3. The maximum atomic E-state index is 9.37. The van der Waals surface area contributed by atoms with Crippen LogP contribution in [-0.2, 0) is 13.1 Å². The van der Waals surface area contributed by atoms with Gasteiger partial charge in [-0.15, -0.1) is 0 Å². The van der Waals surface area contributed by atoms with Gasteiger partial charge in [0.1, 0.15) is 17.6 Å². The van der Waals surface area contributed by atoms with Gasteiger partial charge >= 0.3 is 6.01 Å². The Morgan fingerprint density at radius 2 is 1.76 bits per heavy atom. The lowest BCUT2D eigenvalue weighted by Crippen LogP contribution is -2.21. The molecule has 1 aromatic carbocycles. The summed E-state index contributed by atoms with van der Waals surface area (Å²) in [5.74, 6) is 0.387. The van der Waals surface area contributed by atoms with Gasteiger partial charge in [-0.3, -0.25) is 4.90 Å². The predicted molar refractivity (Wildman–Crippen MR) is 114 cm³/mol. The summed E-state index contributed by atoms with van der Waals surface area (Å²) in [5.41, 5.74) is 9.40. The highest BCUT2D eigenvalue weighted by Gasteiger charge is 2.15. The van der Waals surface area contributed by atoms with Gasteiger partial charge in [0.2, 0.25) is 0 Å². The zero-order valence-corrected chi connectivity index (χ0v) is 16.9. The van der Waals surface area contributed by atoms with Gasteiger partial charge in [0.05, 0.1) is 12.0 Å². The third-order valence-electron chi connectivity index (χ3n) is 5.54. The summed E-state index contributed by atoms with van der Waals surface area (Å²) in [5, 5.41) is 10.2. The van der Waals surface area contributed by atoms with E-state index in [0.29, 0.717) is 18.8 Å². The van der Waals surface area contributed by atoms with Crippen molar-refractivity contribution in [1.82, 2.24) is 19.4 Å². The normalized spacial score (nSPS) is 15.8. The van der Waals surface area contributed by atoms with Crippen molar-refractivity contribution in [3.8, 4) is 6.01 Å². The molecule has 0 amide bonds. The third kappa shape index (κ3) is 4.52. The molecule has 1 aliphatic rings. The first-order valence-electron chi connectivity index (χ1n) is 10.4. The molecule has 0 spiro atoms. The summed E-state index contributed by atoms with van der Waals surface area (Å²) < 4.78 is 7.74. The molecule has 3 aromatic rings. The molecule has 0 bridgehead atoms. The molecule has 1 unspecified atom stereocenters. The molecule has 1 saturated heterocycles. The average Bonchev–Trinajstić information content (AvgIpc) is 3.38. The van der Waals surface area contributed by atoms with Crippen LogP contribution in [0.15, 0.2) is 36.5 Å². The molecule has 154 valence electrons. The van der Waals surface area contributed by atoms with Crippen LogP contribution in [-0.4, -0.2) is 50.3 Å². The number of nitrogens with two attached hydrogens (primary N) is 1. The number of benzene rings is 1. The van der Waals surface area contributed by atoms with Gasteiger partial charge in [0, 0.05) is 19.3 Å². The van der Waals surface area contributed by atoms with E-state index in [1.54, 1.807) is 0 Å². The van der Waals surface area contributed by atoms with Crippen molar-refractivity contribution in [1.29, 1.82) is 0 Å². The number of ether oxygens (including phenoxy) is 1. The van der Waals surface area contributed by atoms with E-state index in [1.165, 1.54) is 37.1 Å². The number of nitrogen functional groups attached to an aromatic ring is 1. The Hall–Kier alpha value is -2.64. The van der Waals surface area contributed by atoms with Crippen molar-refractivity contribution in [2.24, 2.45) is 0 Å². The van der Waals surface area contributed by atoms with Crippen LogP contribution >= 0.6 is 0 Å². The van der Waals surface area contributed by atoms with Crippen molar-refractivity contribution in [2.45, 2.75) is 45.4 Å². The predicted octanol–water partition coefficient (Wildman–Crippen LogP) is 2.81. The number of hydrogen-bond donors (Lipinski definition) is 2. The van der Waals surface area contributed by atoms with Crippen molar-refractivity contribution >= 4 is 16.9 Å². The number of rotatable bonds is 8. The first-order valence-corrected chi connectivity index (χ1v) is 10.4. The number of aliphatic hydroxyl groups excluding tert-OH is 1. The Bertz CT molecular complexity index is 944. The molecule has 2 aromatic heterocycles. The first kappa shape index (κ1) is 19.7. The van der Waals surface area contributed by atoms with Crippen LogP contribution in [0.1, 0.15) is 37.3 Å². The Morgan fingerprint density at radius 3 is 2.41 bits per heavy atom. The van der Waals surface area contributed by atoms with Crippen molar-refractivity contribution < 1.29 is 9.84 Å². The molecular formula is C22H29N5O2. The second-order valence-corrected chi connectivity index (χ2v) is 7.70. The molecule has 0 aliphatic carbocycles. The van der Waals surface area contributed by atoms with E-state index in [4.69, 9.17) is 10.5 Å². The fourth-order valence-electron chi connectivity index (χ4n) is 3.79. The molecule has 1 aliphatic heterocycles. The SMILES string of the molecule is CCC(CO)Oc1nc(N)c2ccn(Cc3ccc(CN4CCCC4)cc3)c2n1. The van der Waals surface area contributed by atoms with E-state index < -0.39 is 0 Å². The number of hydrogen-bond acceptors (Lipinski definition) is 6. The lowest BCUT2D eigenvalue weighted by molar-refractivity contribution is 0.104. The van der Waals surface area contributed by atoms with Gasteiger partial charge in [-0.1, -0.05) is 31.2 Å². The Labute approximate surface area is 171 Å². The third-order valence-corrected chi connectivity index (χ3v) is 5.54. The molecule has 7 heteroatoms. The van der Waals surface area contributed by atoms with Gasteiger partial charge in [-0.2, -0.15) is 9.97 Å². The smallest absolute Gasteiger partial charge is 0.320 e. The fraction of sp³-hybridized carbons (Fsp3) is 0.455. The fourth-order valence-corrected chi connectivity index (χ4v) is 3.79. The van der Waals surface area contributed by atoms with E-state index >= 15 is 0 Å². The van der Waals surface area contributed by atoms with Crippen LogP contribution in [0.5, 0.6) is 6.01 Å².